The van der Waals surface area contributed by atoms with Gasteiger partial charge in [0, 0.05) is 27.2 Å². The molecule has 10 heteroatoms. The van der Waals surface area contributed by atoms with E-state index in [1.54, 1.807) is 72.8 Å². The van der Waals surface area contributed by atoms with E-state index in [1.165, 1.54) is 7.11 Å². The van der Waals surface area contributed by atoms with Crippen LogP contribution in [0.1, 0.15) is 46.3 Å². The molecule has 1 aliphatic heterocycles. The zero-order valence-electron chi connectivity index (χ0n) is 23.9. The zero-order valence-corrected chi connectivity index (χ0v) is 25.4. The Morgan fingerprint density at radius 3 is 2.57 bits per heavy atom. The number of ether oxygens (including phenoxy) is 5. The van der Waals surface area contributed by atoms with Crippen LogP contribution < -0.4 is 29.4 Å². The zero-order chi connectivity index (χ0) is 31.2. The average Bonchev–Trinajstić information content (AvgIpc) is 3.02. The lowest BCUT2D eigenvalue weighted by Crippen LogP contribution is -2.21. The SMILES string of the molecule is CCCOc1cccc(C(=O)Oc2ccc3c(c2)OC(N)=C(C#N)C3c2ccc(OCc3ccc(Cl)cc3Cl)c(OC)c2)c1. The van der Waals surface area contributed by atoms with E-state index in [1.807, 2.05) is 13.0 Å². The molecule has 0 fully saturated rings. The van der Waals surface area contributed by atoms with Gasteiger partial charge in [0.05, 0.1) is 25.2 Å². The van der Waals surface area contributed by atoms with E-state index in [0.29, 0.717) is 50.8 Å². The van der Waals surface area contributed by atoms with E-state index >= 15 is 0 Å². The fourth-order valence-electron chi connectivity index (χ4n) is 4.72. The number of carbonyl (C=O) groups excluding carboxylic acids is 1. The summed E-state index contributed by atoms with van der Waals surface area (Å²) in [5.74, 6) is 0.946. The highest BCUT2D eigenvalue weighted by molar-refractivity contribution is 6.35. The predicted octanol–water partition coefficient (Wildman–Crippen LogP) is 7.81. The molecule has 1 aliphatic rings. The van der Waals surface area contributed by atoms with Gasteiger partial charge in [-0.05, 0) is 60.5 Å². The van der Waals surface area contributed by atoms with Gasteiger partial charge in [-0.15, -0.1) is 0 Å². The van der Waals surface area contributed by atoms with Crippen molar-refractivity contribution in [2.45, 2.75) is 25.9 Å². The van der Waals surface area contributed by atoms with Crippen LogP contribution in [0.4, 0.5) is 0 Å². The topological polar surface area (TPSA) is 113 Å². The number of nitriles is 1. The molecular formula is C34H28Cl2N2O6. The maximum Gasteiger partial charge on any atom is 0.343 e. The van der Waals surface area contributed by atoms with Gasteiger partial charge in [-0.25, -0.2) is 4.79 Å². The molecule has 224 valence electrons. The number of methoxy groups -OCH3 is 1. The Morgan fingerprint density at radius 2 is 1.82 bits per heavy atom. The second kappa shape index (κ2) is 13.6. The second-order valence-corrected chi connectivity index (χ2v) is 10.7. The quantitative estimate of drug-likeness (QED) is 0.139. The summed E-state index contributed by atoms with van der Waals surface area (Å²) in [6.45, 7) is 2.74. The van der Waals surface area contributed by atoms with Gasteiger partial charge in [0.25, 0.3) is 0 Å². The van der Waals surface area contributed by atoms with Gasteiger partial charge in [0.1, 0.15) is 35.5 Å². The number of benzene rings is 4. The lowest BCUT2D eigenvalue weighted by molar-refractivity contribution is 0.0734. The number of nitrogens with two attached hydrogens (primary N) is 1. The standard InChI is InChI=1S/C34H28Cl2N2O6/c1-3-13-41-24-6-4-5-21(14-24)34(39)43-25-10-11-26-30(17-25)44-33(38)27(18-37)32(26)20-8-12-29(31(15-20)40-2)42-19-22-7-9-23(35)16-28(22)36/h4-12,14-17,32H,3,13,19,38H2,1-2H3. The normalized spacial score (nSPS) is 13.8. The smallest absolute Gasteiger partial charge is 0.343 e. The summed E-state index contributed by atoms with van der Waals surface area (Å²) in [5.41, 5.74) is 8.92. The first-order valence-electron chi connectivity index (χ1n) is 13.7. The minimum atomic E-state index is -0.574. The molecular weight excluding hydrogens is 603 g/mol. The van der Waals surface area contributed by atoms with E-state index in [4.69, 9.17) is 52.6 Å². The van der Waals surface area contributed by atoms with Gasteiger partial charge in [-0.3, -0.25) is 0 Å². The highest BCUT2D eigenvalue weighted by atomic mass is 35.5. The number of carbonyl (C=O) groups is 1. The van der Waals surface area contributed by atoms with Crippen LogP contribution in [0.15, 0.2) is 90.3 Å². The third kappa shape index (κ3) is 6.70. The molecule has 8 nitrogen and oxygen atoms in total. The van der Waals surface area contributed by atoms with Crippen LogP contribution in [-0.2, 0) is 6.61 Å². The van der Waals surface area contributed by atoms with E-state index in [9.17, 15) is 10.1 Å². The van der Waals surface area contributed by atoms with Crippen LogP contribution in [0, 0.1) is 11.3 Å². The Morgan fingerprint density at radius 1 is 0.977 bits per heavy atom. The van der Waals surface area contributed by atoms with Crippen molar-refractivity contribution in [3.63, 3.8) is 0 Å². The van der Waals surface area contributed by atoms with Crippen LogP contribution in [0.3, 0.4) is 0 Å². The monoisotopic (exact) mass is 630 g/mol. The van der Waals surface area contributed by atoms with Gasteiger partial charge in [-0.1, -0.05) is 54.4 Å². The molecule has 0 aliphatic carbocycles. The molecule has 4 aromatic rings. The minimum absolute atomic E-state index is 0.0501. The van der Waals surface area contributed by atoms with Gasteiger partial charge in [0.2, 0.25) is 5.88 Å². The van der Waals surface area contributed by atoms with Gasteiger partial charge < -0.3 is 29.4 Å². The summed E-state index contributed by atoms with van der Waals surface area (Å²) in [4.78, 5) is 12.9. The van der Waals surface area contributed by atoms with Crippen molar-refractivity contribution >= 4 is 29.2 Å². The molecule has 2 N–H and O–H groups in total. The van der Waals surface area contributed by atoms with E-state index in [2.05, 4.69) is 6.07 Å². The molecule has 0 saturated carbocycles. The maximum absolute atomic E-state index is 12.9. The summed E-state index contributed by atoms with van der Waals surface area (Å²) in [6.07, 6.45) is 0.847. The summed E-state index contributed by atoms with van der Waals surface area (Å²) >= 11 is 12.3. The van der Waals surface area contributed by atoms with Gasteiger partial charge >= 0.3 is 5.97 Å². The third-order valence-corrected chi connectivity index (χ3v) is 7.45. The molecule has 0 amide bonds. The number of fused-ring (bicyclic) bond motifs is 1. The van der Waals surface area contributed by atoms with Crippen LogP contribution in [0.2, 0.25) is 10.0 Å². The van der Waals surface area contributed by atoms with E-state index < -0.39 is 11.9 Å². The van der Waals surface area contributed by atoms with Crippen LogP contribution in [-0.4, -0.2) is 19.7 Å². The molecule has 0 aromatic heterocycles. The number of halogens is 2. The molecule has 1 atom stereocenters. The number of nitrogens with zero attached hydrogens (tertiary/aromatic N) is 1. The summed E-state index contributed by atoms with van der Waals surface area (Å²) < 4.78 is 28.7. The van der Waals surface area contributed by atoms with Crippen molar-refractivity contribution in [1.82, 2.24) is 0 Å². The molecule has 0 bridgehead atoms. The van der Waals surface area contributed by atoms with Crippen LogP contribution >= 0.6 is 23.2 Å². The Labute approximate surface area is 265 Å². The third-order valence-electron chi connectivity index (χ3n) is 6.86. The summed E-state index contributed by atoms with van der Waals surface area (Å²) in [6, 6.07) is 24.5. The average molecular weight is 632 g/mol. The Balaban J connectivity index is 1.40. The maximum atomic E-state index is 12.9. The molecule has 1 heterocycles. The number of rotatable bonds is 10. The predicted molar refractivity (Wildman–Crippen MR) is 167 cm³/mol. The second-order valence-electron chi connectivity index (χ2n) is 9.82. The fraction of sp³-hybridized carbons (Fsp3) is 0.176. The molecule has 1 unspecified atom stereocenters. The molecule has 4 aromatic carbocycles. The summed E-state index contributed by atoms with van der Waals surface area (Å²) in [5, 5.41) is 11.0. The van der Waals surface area contributed by atoms with E-state index in [-0.39, 0.29) is 23.8 Å². The van der Waals surface area contributed by atoms with Crippen molar-refractivity contribution in [2.24, 2.45) is 5.73 Å². The molecule has 0 spiro atoms. The summed E-state index contributed by atoms with van der Waals surface area (Å²) in [7, 11) is 1.53. The Hall–Kier alpha value is -4.84. The van der Waals surface area contributed by atoms with Crippen molar-refractivity contribution in [3.05, 3.63) is 123 Å². The van der Waals surface area contributed by atoms with Crippen molar-refractivity contribution in [1.29, 1.82) is 5.26 Å². The van der Waals surface area contributed by atoms with Crippen LogP contribution in [0.5, 0.6) is 28.7 Å². The fourth-order valence-corrected chi connectivity index (χ4v) is 5.18. The lowest BCUT2D eigenvalue weighted by atomic mass is 9.83. The van der Waals surface area contributed by atoms with Crippen molar-refractivity contribution in [2.75, 3.05) is 13.7 Å². The Bertz CT molecular complexity index is 1780. The van der Waals surface area contributed by atoms with E-state index in [0.717, 1.165) is 17.5 Å². The Kier molecular flexibility index (Phi) is 9.49. The van der Waals surface area contributed by atoms with Crippen LogP contribution in [0.25, 0.3) is 0 Å². The highest BCUT2D eigenvalue weighted by Crippen LogP contribution is 2.45. The largest absolute Gasteiger partial charge is 0.494 e. The minimum Gasteiger partial charge on any atom is -0.494 e. The highest BCUT2D eigenvalue weighted by Gasteiger charge is 2.32. The van der Waals surface area contributed by atoms with Gasteiger partial charge in [-0.2, -0.15) is 5.26 Å². The number of esters is 1. The van der Waals surface area contributed by atoms with Gasteiger partial charge in [0.15, 0.2) is 11.5 Å². The first-order chi connectivity index (χ1) is 21.3. The first kappa shape index (κ1) is 30.6. The lowest BCUT2D eigenvalue weighted by Gasteiger charge is -2.27. The van der Waals surface area contributed by atoms with Crippen molar-refractivity contribution < 1.29 is 28.5 Å². The van der Waals surface area contributed by atoms with Crippen molar-refractivity contribution in [3.8, 4) is 34.8 Å². The number of hydrogen-bond donors (Lipinski definition) is 1. The number of hydrogen-bond acceptors (Lipinski definition) is 8. The molecule has 44 heavy (non-hydrogen) atoms. The first-order valence-corrected chi connectivity index (χ1v) is 14.5. The number of allylic oxidation sites excluding steroid dienone is 1. The molecule has 5 rings (SSSR count). The molecule has 0 radical (unpaired) electrons. The molecule has 0 saturated heterocycles.